The predicted molar refractivity (Wildman–Crippen MR) is 81.5 cm³/mol. The van der Waals surface area contributed by atoms with Gasteiger partial charge in [0.05, 0.1) is 0 Å². The molecule has 5 heteroatoms. The molecule has 0 spiro atoms. The molecule has 1 atom stereocenters. The minimum atomic E-state index is -0.605. The Hall–Kier alpha value is -1.46. The quantitative estimate of drug-likeness (QED) is 0.842. The second-order valence-electron chi connectivity index (χ2n) is 5.81. The number of likely N-dealkylation sites (tertiary alicyclic amines) is 1. The monoisotopic (exact) mass is 293 g/mol. The lowest BCUT2D eigenvalue weighted by atomic mass is 10.1. The van der Waals surface area contributed by atoms with Crippen molar-refractivity contribution in [2.75, 3.05) is 19.6 Å². The Morgan fingerprint density at radius 1 is 1.38 bits per heavy atom. The zero-order valence-corrected chi connectivity index (χ0v) is 12.6. The zero-order chi connectivity index (χ0) is 15.2. The highest BCUT2D eigenvalue weighted by Crippen LogP contribution is 2.11. The van der Waals surface area contributed by atoms with Gasteiger partial charge in [0.15, 0.2) is 0 Å². The Morgan fingerprint density at radius 2 is 2.10 bits per heavy atom. The van der Waals surface area contributed by atoms with Crippen LogP contribution in [0, 0.1) is 5.82 Å². The molecule has 0 aliphatic carbocycles. The summed E-state index contributed by atoms with van der Waals surface area (Å²) in [6.07, 6.45) is 3.88. The average molecular weight is 293 g/mol. The van der Waals surface area contributed by atoms with E-state index in [0.29, 0.717) is 18.2 Å². The number of halogens is 1. The van der Waals surface area contributed by atoms with Crippen molar-refractivity contribution in [3.05, 3.63) is 35.1 Å². The third-order valence-electron chi connectivity index (χ3n) is 3.96. The normalized spacial score (nSPS) is 17.6. The van der Waals surface area contributed by atoms with Crippen LogP contribution in [0.1, 0.15) is 42.1 Å². The summed E-state index contributed by atoms with van der Waals surface area (Å²) in [7, 11) is 0. The van der Waals surface area contributed by atoms with Crippen LogP contribution in [-0.4, -0.2) is 36.5 Å². The van der Waals surface area contributed by atoms with E-state index in [1.54, 1.807) is 12.1 Å². The van der Waals surface area contributed by atoms with E-state index >= 15 is 0 Å². The van der Waals surface area contributed by atoms with Crippen molar-refractivity contribution >= 4 is 5.91 Å². The first-order valence-electron chi connectivity index (χ1n) is 7.60. The minimum Gasteiger partial charge on any atom is -0.366 e. The van der Waals surface area contributed by atoms with Crippen LogP contribution in [0.4, 0.5) is 4.39 Å². The second kappa shape index (κ2) is 7.52. The SMILES string of the molecule is CC(CN1CCCCC1)NCc1ccc(C(N)=O)cc1F. The van der Waals surface area contributed by atoms with Crippen molar-refractivity contribution in [2.24, 2.45) is 5.73 Å². The van der Waals surface area contributed by atoms with E-state index < -0.39 is 5.91 Å². The van der Waals surface area contributed by atoms with E-state index in [2.05, 4.69) is 17.1 Å². The van der Waals surface area contributed by atoms with Gasteiger partial charge in [0.2, 0.25) is 5.91 Å². The first kappa shape index (κ1) is 15.9. The van der Waals surface area contributed by atoms with Crippen LogP contribution in [-0.2, 0) is 6.54 Å². The fourth-order valence-corrected chi connectivity index (χ4v) is 2.72. The van der Waals surface area contributed by atoms with Gasteiger partial charge in [0, 0.05) is 30.3 Å². The Balaban J connectivity index is 1.83. The fraction of sp³-hybridized carbons (Fsp3) is 0.562. The second-order valence-corrected chi connectivity index (χ2v) is 5.81. The van der Waals surface area contributed by atoms with Crippen molar-refractivity contribution in [2.45, 2.75) is 38.8 Å². The Morgan fingerprint density at radius 3 is 2.71 bits per heavy atom. The van der Waals surface area contributed by atoms with Crippen molar-refractivity contribution in [1.82, 2.24) is 10.2 Å². The van der Waals surface area contributed by atoms with Gasteiger partial charge in [-0.2, -0.15) is 0 Å². The van der Waals surface area contributed by atoms with Gasteiger partial charge in [-0.25, -0.2) is 4.39 Å². The Labute approximate surface area is 125 Å². The summed E-state index contributed by atoms with van der Waals surface area (Å²) < 4.78 is 13.9. The highest BCUT2D eigenvalue weighted by atomic mass is 19.1. The molecule has 4 nitrogen and oxygen atoms in total. The zero-order valence-electron chi connectivity index (χ0n) is 12.6. The van der Waals surface area contributed by atoms with Gasteiger partial charge in [0.1, 0.15) is 5.82 Å². The molecule has 21 heavy (non-hydrogen) atoms. The molecule has 2 rings (SSSR count). The number of nitrogens with two attached hydrogens (primary N) is 1. The lowest BCUT2D eigenvalue weighted by Gasteiger charge is -2.29. The molecular formula is C16H24FN3O. The lowest BCUT2D eigenvalue weighted by molar-refractivity contribution is 0.1000. The molecule has 3 N–H and O–H groups in total. The molecule has 0 aromatic heterocycles. The predicted octanol–water partition coefficient (Wildman–Crippen LogP) is 1.89. The first-order valence-corrected chi connectivity index (χ1v) is 7.60. The minimum absolute atomic E-state index is 0.206. The summed E-state index contributed by atoms with van der Waals surface area (Å²) in [6, 6.07) is 4.70. The number of nitrogens with one attached hydrogen (secondary N) is 1. The third-order valence-corrected chi connectivity index (χ3v) is 3.96. The number of hydrogen-bond donors (Lipinski definition) is 2. The van der Waals surface area contributed by atoms with Gasteiger partial charge >= 0.3 is 0 Å². The summed E-state index contributed by atoms with van der Waals surface area (Å²) in [4.78, 5) is 13.4. The van der Waals surface area contributed by atoms with Crippen LogP contribution >= 0.6 is 0 Å². The number of benzene rings is 1. The number of carbonyl (C=O) groups excluding carboxylic acids is 1. The summed E-state index contributed by atoms with van der Waals surface area (Å²) in [5, 5.41) is 3.34. The van der Waals surface area contributed by atoms with E-state index in [1.807, 2.05) is 0 Å². The van der Waals surface area contributed by atoms with Crippen molar-refractivity contribution in [1.29, 1.82) is 0 Å². The number of amides is 1. The highest BCUT2D eigenvalue weighted by Gasteiger charge is 2.14. The van der Waals surface area contributed by atoms with E-state index in [0.717, 1.165) is 19.6 Å². The number of nitrogens with zero attached hydrogens (tertiary/aromatic N) is 1. The van der Waals surface area contributed by atoms with Gasteiger partial charge < -0.3 is 16.0 Å². The van der Waals surface area contributed by atoms with Crippen LogP contribution in [0.2, 0.25) is 0 Å². The molecule has 1 amide bonds. The maximum absolute atomic E-state index is 13.9. The summed E-state index contributed by atoms with van der Waals surface area (Å²) >= 11 is 0. The number of hydrogen-bond acceptors (Lipinski definition) is 3. The van der Waals surface area contributed by atoms with Gasteiger partial charge in [-0.1, -0.05) is 12.5 Å². The largest absolute Gasteiger partial charge is 0.366 e. The molecule has 1 aliphatic rings. The Kier molecular flexibility index (Phi) is 5.70. The standard InChI is InChI=1S/C16H24FN3O/c1-12(11-20-7-3-2-4-8-20)19-10-14-6-5-13(16(18)21)9-15(14)17/h5-6,9,12,19H,2-4,7-8,10-11H2,1H3,(H2,18,21). The molecular weight excluding hydrogens is 269 g/mol. The summed E-state index contributed by atoms with van der Waals surface area (Å²) in [5.41, 5.74) is 5.90. The fourth-order valence-electron chi connectivity index (χ4n) is 2.72. The molecule has 0 bridgehead atoms. The number of primary amides is 1. The van der Waals surface area contributed by atoms with Crippen LogP contribution in [0.3, 0.4) is 0 Å². The smallest absolute Gasteiger partial charge is 0.248 e. The van der Waals surface area contributed by atoms with Gasteiger partial charge in [-0.05, 0) is 45.0 Å². The average Bonchev–Trinajstić information content (AvgIpc) is 2.47. The molecule has 116 valence electrons. The Bertz CT molecular complexity index is 486. The van der Waals surface area contributed by atoms with E-state index in [9.17, 15) is 9.18 Å². The molecule has 1 aromatic carbocycles. The molecule has 1 unspecified atom stereocenters. The first-order chi connectivity index (χ1) is 10.1. The molecule has 1 saturated heterocycles. The summed E-state index contributed by atoms with van der Waals surface area (Å²) in [5.74, 6) is -0.990. The molecule has 1 heterocycles. The lowest BCUT2D eigenvalue weighted by Crippen LogP contribution is -2.41. The van der Waals surface area contributed by atoms with Crippen molar-refractivity contribution in [3.8, 4) is 0 Å². The van der Waals surface area contributed by atoms with Crippen LogP contribution < -0.4 is 11.1 Å². The number of rotatable bonds is 6. The molecule has 1 aliphatic heterocycles. The maximum atomic E-state index is 13.9. The van der Waals surface area contributed by atoms with E-state index in [1.165, 1.54) is 25.3 Å². The topological polar surface area (TPSA) is 58.4 Å². The van der Waals surface area contributed by atoms with Crippen molar-refractivity contribution in [3.63, 3.8) is 0 Å². The van der Waals surface area contributed by atoms with E-state index in [-0.39, 0.29) is 11.4 Å². The molecule has 0 radical (unpaired) electrons. The van der Waals surface area contributed by atoms with Crippen molar-refractivity contribution < 1.29 is 9.18 Å². The maximum Gasteiger partial charge on any atom is 0.248 e. The highest BCUT2D eigenvalue weighted by molar-refractivity contribution is 5.92. The van der Waals surface area contributed by atoms with E-state index in [4.69, 9.17) is 5.73 Å². The van der Waals surface area contributed by atoms with Crippen LogP contribution in [0.5, 0.6) is 0 Å². The van der Waals surface area contributed by atoms with Gasteiger partial charge in [-0.3, -0.25) is 4.79 Å². The number of carbonyl (C=O) groups is 1. The summed E-state index contributed by atoms with van der Waals surface area (Å²) in [6.45, 7) is 5.88. The van der Waals surface area contributed by atoms with Crippen LogP contribution in [0.25, 0.3) is 0 Å². The van der Waals surface area contributed by atoms with Crippen LogP contribution in [0.15, 0.2) is 18.2 Å². The van der Waals surface area contributed by atoms with Gasteiger partial charge in [0.25, 0.3) is 0 Å². The van der Waals surface area contributed by atoms with Gasteiger partial charge in [-0.15, -0.1) is 0 Å². The molecule has 1 fully saturated rings. The molecule has 0 saturated carbocycles. The molecule has 1 aromatic rings. The number of piperidine rings is 1. The third kappa shape index (κ3) is 4.79.